The summed E-state index contributed by atoms with van der Waals surface area (Å²) in [6, 6.07) is 15.0. The van der Waals surface area contributed by atoms with E-state index in [-0.39, 0.29) is 11.9 Å². The van der Waals surface area contributed by atoms with E-state index in [0.717, 1.165) is 21.3 Å². The average molecular weight is 438 g/mol. The number of pyridine rings is 1. The summed E-state index contributed by atoms with van der Waals surface area (Å²) in [6.45, 7) is 1.87. The van der Waals surface area contributed by atoms with Gasteiger partial charge in [-0.25, -0.2) is 0 Å². The first-order valence-electron chi connectivity index (χ1n) is 8.52. The number of benzene rings is 2. The summed E-state index contributed by atoms with van der Waals surface area (Å²) in [5.41, 5.74) is 3.97. The Hall–Kier alpha value is -3.19. The Morgan fingerprint density at radius 1 is 1.14 bits per heavy atom. The molecule has 0 aliphatic carbocycles. The molecule has 1 amide bonds. The molecule has 0 atom stereocenters. The lowest BCUT2D eigenvalue weighted by Gasteiger charge is -2.13. The zero-order valence-corrected chi connectivity index (χ0v) is 16.8. The molecule has 0 radical (unpaired) electrons. The van der Waals surface area contributed by atoms with Gasteiger partial charge in [0.2, 0.25) is 0 Å². The summed E-state index contributed by atoms with van der Waals surface area (Å²) in [5.74, 6) is 0.313. The van der Waals surface area contributed by atoms with Gasteiger partial charge < -0.3 is 9.15 Å². The first kappa shape index (κ1) is 18.2. The summed E-state index contributed by atoms with van der Waals surface area (Å²) in [7, 11) is 1.60. The summed E-state index contributed by atoms with van der Waals surface area (Å²) < 4.78 is 12.0. The Kier molecular flexibility index (Phi) is 4.83. The van der Waals surface area contributed by atoms with Crippen molar-refractivity contribution < 1.29 is 13.9 Å². The Balaban J connectivity index is 1.73. The van der Waals surface area contributed by atoms with Gasteiger partial charge in [0.1, 0.15) is 11.3 Å². The number of hydrogen-bond donors (Lipinski definition) is 1. The van der Waals surface area contributed by atoms with Crippen molar-refractivity contribution in [2.75, 3.05) is 12.4 Å². The topological polar surface area (TPSA) is 77.2 Å². The molecule has 0 aliphatic rings. The van der Waals surface area contributed by atoms with E-state index in [2.05, 4.69) is 31.2 Å². The first-order chi connectivity index (χ1) is 13.5. The molecule has 0 spiro atoms. The van der Waals surface area contributed by atoms with E-state index in [1.165, 1.54) is 0 Å². The van der Waals surface area contributed by atoms with Crippen molar-refractivity contribution in [3.05, 3.63) is 70.5 Å². The van der Waals surface area contributed by atoms with Crippen LogP contribution in [0.2, 0.25) is 0 Å². The Morgan fingerprint density at radius 3 is 2.79 bits per heavy atom. The second-order valence-electron chi connectivity index (χ2n) is 6.16. The minimum absolute atomic E-state index is 0.129. The number of para-hydroxylation sites is 1. The highest BCUT2D eigenvalue weighted by Gasteiger charge is 2.19. The van der Waals surface area contributed by atoms with Crippen LogP contribution in [0.1, 0.15) is 16.1 Å². The van der Waals surface area contributed by atoms with Crippen LogP contribution in [0.5, 0.6) is 5.75 Å². The Bertz CT molecular complexity index is 1190. The van der Waals surface area contributed by atoms with Gasteiger partial charge in [0.25, 0.3) is 5.91 Å². The number of oxazole rings is 1. The Labute approximate surface area is 169 Å². The molecule has 4 aromatic rings. The molecular formula is C21H16BrN3O3. The predicted molar refractivity (Wildman–Crippen MR) is 111 cm³/mol. The summed E-state index contributed by atoms with van der Waals surface area (Å²) >= 11 is 3.39. The van der Waals surface area contributed by atoms with Crippen molar-refractivity contribution in [1.29, 1.82) is 0 Å². The van der Waals surface area contributed by atoms with E-state index in [9.17, 15) is 4.79 Å². The van der Waals surface area contributed by atoms with Crippen LogP contribution >= 0.6 is 15.9 Å². The molecule has 4 rings (SSSR count). The number of fused-ring (bicyclic) bond motifs is 1. The highest BCUT2D eigenvalue weighted by Crippen LogP contribution is 2.33. The van der Waals surface area contributed by atoms with Crippen molar-refractivity contribution >= 4 is 39.0 Å². The van der Waals surface area contributed by atoms with Crippen LogP contribution in [0, 0.1) is 6.92 Å². The van der Waals surface area contributed by atoms with Crippen LogP contribution in [0.15, 0.2) is 63.6 Å². The number of halogens is 1. The summed E-state index contributed by atoms with van der Waals surface area (Å²) in [5, 5.41) is 2.72. The minimum atomic E-state index is -0.362. The third-order valence-corrected chi connectivity index (χ3v) is 4.75. The number of amides is 1. The molecule has 28 heavy (non-hydrogen) atoms. The van der Waals surface area contributed by atoms with Crippen molar-refractivity contribution in [3.63, 3.8) is 0 Å². The monoisotopic (exact) mass is 437 g/mol. The van der Waals surface area contributed by atoms with Crippen molar-refractivity contribution in [2.45, 2.75) is 6.92 Å². The van der Waals surface area contributed by atoms with Crippen LogP contribution in [0.4, 0.5) is 6.01 Å². The molecule has 1 N–H and O–H groups in total. The third-order valence-electron chi connectivity index (χ3n) is 4.25. The molecule has 0 saturated heterocycles. The number of ether oxygens (including phenoxy) is 1. The number of methoxy groups -OCH3 is 1. The zero-order valence-electron chi connectivity index (χ0n) is 15.2. The van der Waals surface area contributed by atoms with Gasteiger partial charge >= 0.3 is 6.01 Å². The van der Waals surface area contributed by atoms with Crippen molar-refractivity contribution in [3.8, 4) is 16.9 Å². The molecule has 0 unspecified atom stereocenters. The lowest BCUT2D eigenvalue weighted by atomic mass is 9.99. The van der Waals surface area contributed by atoms with Gasteiger partial charge in [0.15, 0.2) is 5.58 Å². The fraction of sp³-hybridized carbons (Fsp3) is 0.0952. The van der Waals surface area contributed by atoms with Crippen LogP contribution in [-0.2, 0) is 0 Å². The highest BCUT2D eigenvalue weighted by molar-refractivity contribution is 9.10. The van der Waals surface area contributed by atoms with Gasteiger partial charge in [-0.2, -0.15) is 4.98 Å². The summed E-state index contributed by atoms with van der Waals surface area (Å²) in [6.07, 6.45) is 1.55. The molecule has 0 aliphatic heterocycles. The van der Waals surface area contributed by atoms with Gasteiger partial charge in [-0.05, 0) is 37.3 Å². The number of aromatic nitrogens is 2. The molecule has 6 nitrogen and oxygen atoms in total. The number of hydrogen-bond acceptors (Lipinski definition) is 5. The van der Waals surface area contributed by atoms with Crippen molar-refractivity contribution in [1.82, 2.24) is 9.97 Å². The maximum absolute atomic E-state index is 13.0. The van der Waals surface area contributed by atoms with Crippen LogP contribution in [0.25, 0.3) is 22.2 Å². The SMILES string of the molecule is COc1ccccc1-c1cc(C)ncc1C(=O)Nc1nc2ccc(Br)cc2o1. The lowest BCUT2D eigenvalue weighted by Crippen LogP contribution is -2.14. The van der Waals surface area contributed by atoms with E-state index in [1.807, 2.05) is 49.4 Å². The molecule has 140 valence electrons. The highest BCUT2D eigenvalue weighted by atomic mass is 79.9. The number of carbonyl (C=O) groups is 1. The normalized spacial score (nSPS) is 10.8. The molecule has 0 saturated carbocycles. The molecule has 7 heteroatoms. The Morgan fingerprint density at radius 2 is 1.96 bits per heavy atom. The number of carbonyl (C=O) groups excluding carboxylic acids is 1. The van der Waals surface area contributed by atoms with Crippen LogP contribution < -0.4 is 10.1 Å². The van der Waals surface area contributed by atoms with E-state index < -0.39 is 0 Å². The molecular weight excluding hydrogens is 422 g/mol. The van der Waals surface area contributed by atoms with Gasteiger partial charge in [0.05, 0.1) is 12.7 Å². The number of aryl methyl sites for hydroxylation is 1. The number of nitrogens with zero attached hydrogens (tertiary/aromatic N) is 2. The number of anilines is 1. The van der Waals surface area contributed by atoms with E-state index in [1.54, 1.807) is 19.4 Å². The third kappa shape index (κ3) is 3.48. The van der Waals surface area contributed by atoms with Gasteiger partial charge in [-0.1, -0.05) is 34.1 Å². The molecule has 0 bridgehead atoms. The molecule has 2 aromatic carbocycles. The molecule has 0 fully saturated rings. The lowest BCUT2D eigenvalue weighted by molar-refractivity contribution is 0.102. The van der Waals surface area contributed by atoms with Gasteiger partial charge in [-0.15, -0.1) is 0 Å². The van der Waals surface area contributed by atoms with Gasteiger partial charge in [-0.3, -0.25) is 15.1 Å². The smallest absolute Gasteiger partial charge is 0.302 e. The number of rotatable bonds is 4. The largest absolute Gasteiger partial charge is 0.496 e. The predicted octanol–water partition coefficient (Wildman–Crippen LogP) is 5.22. The quantitative estimate of drug-likeness (QED) is 0.473. The van der Waals surface area contributed by atoms with Crippen molar-refractivity contribution in [2.24, 2.45) is 0 Å². The maximum Gasteiger partial charge on any atom is 0.302 e. The second-order valence-corrected chi connectivity index (χ2v) is 7.07. The molecule has 2 heterocycles. The number of nitrogens with one attached hydrogen (secondary N) is 1. The van der Waals surface area contributed by atoms with E-state index in [4.69, 9.17) is 9.15 Å². The summed E-state index contributed by atoms with van der Waals surface area (Å²) in [4.78, 5) is 21.5. The minimum Gasteiger partial charge on any atom is -0.496 e. The zero-order chi connectivity index (χ0) is 19.7. The second kappa shape index (κ2) is 7.44. The first-order valence-corrected chi connectivity index (χ1v) is 9.32. The fourth-order valence-electron chi connectivity index (χ4n) is 2.95. The maximum atomic E-state index is 13.0. The van der Waals surface area contributed by atoms with E-state index >= 15 is 0 Å². The molecule has 2 aromatic heterocycles. The average Bonchev–Trinajstić information content (AvgIpc) is 3.09. The van der Waals surface area contributed by atoms with Gasteiger partial charge in [0, 0.05) is 27.5 Å². The fourth-order valence-corrected chi connectivity index (χ4v) is 3.29. The van der Waals surface area contributed by atoms with Crippen LogP contribution in [0.3, 0.4) is 0 Å². The van der Waals surface area contributed by atoms with E-state index in [0.29, 0.717) is 22.4 Å². The van der Waals surface area contributed by atoms with Crippen LogP contribution in [-0.4, -0.2) is 23.0 Å². The standard InChI is InChI=1S/C21H16BrN3O3/c1-12-9-15(14-5-3-4-6-18(14)27-2)16(11-23-12)20(26)25-21-24-17-8-7-13(22)10-19(17)28-21/h3-11H,1-2H3,(H,24,25,26).